The van der Waals surface area contributed by atoms with Crippen molar-refractivity contribution in [2.24, 2.45) is 0 Å². The van der Waals surface area contributed by atoms with Crippen LogP contribution in [-0.2, 0) is 26.8 Å². The summed E-state index contributed by atoms with van der Waals surface area (Å²) in [6.07, 6.45) is 1.39. The Morgan fingerprint density at radius 2 is 2.14 bits per heavy atom. The van der Waals surface area contributed by atoms with Crippen LogP contribution in [0.4, 0.5) is 5.69 Å². The van der Waals surface area contributed by atoms with Gasteiger partial charge < -0.3 is 5.32 Å². The number of hydrogen-bond donors (Lipinski definition) is 1. The summed E-state index contributed by atoms with van der Waals surface area (Å²) in [4.78, 5) is 16.2. The number of aromatic nitrogens is 1. The summed E-state index contributed by atoms with van der Waals surface area (Å²) in [5.41, 5.74) is 1.98. The molecule has 0 saturated carbocycles. The maximum absolute atomic E-state index is 11.9. The number of benzene rings is 1. The van der Waals surface area contributed by atoms with Gasteiger partial charge in [0.15, 0.2) is 9.84 Å². The van der Waals surface area contributed by atoms with E-state index in [4.69, 9.17) is 0 Å². The van der Waals surface area contributed by atoms with E-state index in [0.717, 1.165) is 10.7 Å². The highest BCUT2D eigenvalue weighted by Gasteiger charge is 2.09. The zero-order valence-electron chi connectivity index (χ0n) is 11.8. The zero-order valence-corrected chi connectivity index (χ0v) is 13.4. The third-order valence-corrected chi connectivity index (χ3v) is 4.33. The average molecular weight is 324 g/mol. The number of sulfone groups is 1. The summed E-state index contributed by atoms with van der Waals surface area (Å²) in [7, 11) is -3.09. The number of thiazole rings is 1. The van der Waals surface area contributed by atoms with Gasteiger partial charge in [0, 0.05) is 17.3 Å². The fraction of sp³-hybridized carbons (Fsp3) is 0.286. The second-order valence-electron chi connectivity index (χ2n) is 4.85. The maximum Gasteiger partial charge on any atom is 0.230 e. The van der Waals surface area contributed by atoms with E-state index in [2.05, 4.69) is 10.3 Å². The first-order valence-electron chi connectivity index (χ1n) is 6.29. The number of amides is 1. The molecule has 2 rings (SSSR count). The molecule has 0 spiro atoms. The lowest BCUT2D eigenvalue weighted by atomic mass is 10.2. The van der Waals surface area contributed by atoms with Gasteiger partial charge in [-0.05, 0) is 24.6 Å². The van der Waals surface area contributed by atoms with E-state index in [-0.39, 0.29) is 18.1 Å². The molecule has 21 heavy (non-hydrogen) atoms. The fourth-order valence-corrected chi connectivity index (χ4v) is 3.30. The van der Waals surface area contributed by atoms with E-state index in [1.165, 1.54) is 17.6 Å². The SMILES string of the molecule is Cc1nc(CC(=O)Nc2cccc(CS(C)(=O)=O)c2)cs1. The van der Waals surface area contributed by atoms with E-state index in [1.54, 1.807) is 24.3 Å². The largest absolute Gasteiger partial charge is 0.326 e. The summed E-state index contributed by atoms with van der Waals surface area (Å²) in [6.45, 7) is 1.89. The van der Waals surface area contributed by atoms with Gasteiger partial charge in [-0.25, -0.2) is 13.4 Å². The Kier molecular flexibility index (Phi) is 4.74. The molecule has 7 heteroatoms. The zero-order chi connectivity index (χ0) is 15.5. The predicted octanol–water partition coefficient (Wildman–Crippen LogP) is 2.18. The van der Waals surface area contributed by atoms with Crippen molar-refractivity contribution in [1.82, 2.24) is 4.98 Å². The van der Waals surface area contributed by atoms with Crippen LogP contribution in [-0.4, -0.2) is 25.6 Å². The second kappa shape index (κ2) is 6.36. The molecule has 0 aliphatic carbocycles. The molecule has 0 unspecified atom stereocenters. The first-order chi connectivity index (χ1) is 9.82. The van der Waals surface area contributed by atoms with Crippen molar-refractivity contribution in [3.63, 3.8) is 0 Å². The van der Waals surface area contributed by atoms with Crippen molar-refractivity contribution in [2.45, 2.75) is 19.1 Å². The van der Waals surface area contributed by atoms with E-state index in [9.17, 15) is 13.2 Å². The first kappa shape index (κ1) is 15.7. The number of rotatable bonds is 5. The highest BCUT2D eigenvalue weighted by atomic mass is 32.2. The smallest absolute Gasteiger partial charge is 0.230 e. The number of aryl methyl sites for hydroxylation is 1. The minimum atomic E-state index is -3.09. The number of nitrogens with zero attached hydrogens (tertiary/aromatic N) is 1. The highest BCUT2D eigenvalue weighted by molar-refractivity contribution is 7.89. The summed E-state index contributed by atoms with van der Waals surface area (Å²) in [6, 6.07) is 6.85. The van der Waals surface area contributed by atoms with Gasteiger partial charge in [-0.1, -0.05) is 12.1 Å². The summed E-state index contributed by atoms with van der Waals surface area (Å²) in [5.74, 6) is -0.209. The molecule has 1 amide bonds. The fourth-order valence-electron chi connectivity index (χ4n) is 1.90. The lowest BCUT2D eigenvalue weighted by Gasteiger charge is -2.06. The van der Waals surface area contributed by atoms with Crippen molar-refractivity contribution in [1.29, 1.82) is 0 Å². The average Bonchev–Trinajstić information content (AvgIpc) is 2.72. The maximum atomic E-state index is 11.9. The van der Waals surface area contributed by atoms with Crippen LogP contribution in [0.5, 0.6) is 0 Å². The number of carbonyl (C=O) groups excluding carboxylic acids is 1. The summed E-state index contributed by atoms with van der Waals surface area (Å²) in [5, 5.41) is 5.54. The molecule has 0 radical (unpaired) electrons. The van der Waals surface area contributed by atoms with Crippen LogP contribution in [0.25, 0.3) is 0 Å². The first-order valence-corrected chi connectivity index (χ1v) is 9.23. The Morgan fingerprint density at radius 1 is 1.38 bits per heavy atom. The normalized spacial score (nSPS) is 11.3. The van der Waals surface area contributed by atoms with E-state index < -0.39 is 9.84 Å². The molecule has 1 aromatic carbocycles. The molecule has 112 valence electrons. The molecule has 0 atom stereocenters. The van der Waals surface area contributed by atoms with Crippen molar-refractivity contribution >= 4 is 32.8 Å². The van der Waals surface area contributed by atoms with Gasteiger partial charge in [0.1, 0.15) is 0 Å². The van der Waals surface area contributed by atoms with Crippen LogP contribution >= 0.6 is 11.3 Å². The molecule has 1 heterocycles. The van der Waals surface area contributed by atoms with Crippen LogP contribution < -0.4 is 5.32 Å². The lowest BCUT2D eigenvalue weighted by molar-refractivity contribution is -0.115. The molecule has 2 aromatic rings. The van der Waals surface area contributed by atoms with Crippen molar-refractivity contribution < 1.29 is 13.2 Å². The second-order valence-corrected chi connectivity index (χ2v) is 8.06. The standard InChI is InChI=1S/C14H16N2O3S2/c1-10-15-13(8-20-10)7-14(17)16-12-5-3-4-11(6-12)9-21(2,18)19/h3-6,8H,7,9H2,1-2H3,(H,16,17). The highest BCUT2D eigenvalue weighted by Crippen LogP contribution is 2.14. The summed E-state index contributed by atoms with van der Waals surface area (Å²) >= 11 is 1.50. The van der Waals surface area contributed by atoms with Crippen molar-refractivity contribution in [3.05, 3.63) is 45.9 Å². The van der Waals surface area contributed by atoms with Crippen LogP contribution in [0.2, 0.25) is 0 Å². The number of carbonyl (C=O) groups is 1. The van der Waals surface area contributed by atoms with Gasteiger partial charge in [-0.2, -0.15) is 0 Å². The topological polar surface area (TPSA) is 76.1 Å². The Bertz CT molecular complexity index is 751. The van der Waals surface area contributed by atoms with Gasteiger partial charge >= 0.3 is 0 Å². The molecular formula is C14H16N2O3S2. The Balaban J connectivity index is 2.02. The molecule has 0 saturated heterocycles. The van der Waals surface area contributed by atoms with Crippen LogP contribution in [0, 0.1) is 6.92 Å². The summed E-state index contributed by atoms with van der Waals surface area (Å²) < 4.78 is 22.6. The van der Waals surface area contributed by atoms with Gasteiger partial charge in [0.05, 0.1) is 22.9 Å². The lowest BCUT2D eigenvalue weighted by Crippen LogP contribution is -2.14. The number of anilines is 1. The third kappa shape index (κ3) is 5.28. The van der Waals surface area contributed by atoms with Gasteiger partial charge in [-0.15, -0.1) is 11.3 Å². The third-order valence-electron chi connectivity index (χ3n) is 2.65. The molecule has 0 fully saturated rings. The quantitative estimate of drug-likeness (QED) is 0.914. The van der Waals surface area contributed by atoms with E-state index >= 15 is 0 Å². The predicted molar refractivity (Wildman–Crippen MR) is 84.2 cm³/mol. The molecule has 1 aromatic heterocycles. The van der Waals surface area contributed by atoms with Crippen LogP contribution in [0.1, 0.15) is 16.3 Å². The monoisotopic (exact) mass is 324 g/mol. The Hall–Kier alpha value is -1.73. The molecule has 0 aliphatic heterocycles. The number of nitrogens with one attached hydrogen (secondary N) is 1. The number of hydrogen-bond acceptors (Lipinski definition) is 5. The molecule has 1 N–H and O–H groups in total. The minimum absolute atomic E-state index is 0.0397. The van der Waals surface area contributed by atoms with Crippen LogP contribution in [0.15, 0.2) is 29.6 Å². The van der Waals surface area contributed by atoms with Gasteiger partial charge in [-0.3, -0.25) is 4.79 Å². The van der Waals surface area contributed by atoms with E-state index in [1.807, 2.05) is 12.3 Å². The van der Waals surface area contributed by atoms with Crippen molar-refractivity contribution in [2.75, 3.05) is 11.6 Å². The molecular weight excluding hydrogens is 308 g/mol. The minimum Gasteiger partial charge on any atom is -0.326 e. The Labute approximate surface area is 128 Å². The molecule has 0 aliphatic rings. The molecule has 5 nitrogen and oxygen atoms in total. The van der Waals surface area contributed by atoms with Gasteiger partial charge in [0.2, 0.25) is 5.91 Å². The molecule has 0 bridgehead atoms. The van der Waals surface area contributed by atoms with Crippen molar-refractivity contribution in [3.8, 4) is 0 Å². The van der Waals surface area contributed by atoms with Gasteiger partial charge in [0.25, 0.3) is 0 Å². The van der Waals surface area contributed by atoms with Crippen LogP contribution in [0.3, 0.4) is 0 Å². The Morgan fingerprint density at radius 3 is 2.76 bits per heavy atom. The van der Waals surface area contributed by atoms with E-state index in [0.29, 0.717) is 11.3 Å².